The smallest absolute Gasteiger partial charge is 0.237 e. The van der Waals surface area contributed by atoms with Crippen LogP contribution in [0.5, 0.6) is 0 Å². The SMILES string of the molecule is CC1(C(=O)Nc2nc3cc(Cl)c(Cl)cc3[nH]2)COC1. The maximum Gasteiger partial charge on any atom is 0.237 e. The third-order valence-corrected chi connectivity index (χ3v) is 3.87. The summed E-state index contributed by atoms with van der Waals surface area (Å²) >= 11 is 11.8. The number of H-pyrrole nitrogens is 1. The number of benzene rings is 1. The molecule has 1 fully saturated rings. The van der Waals surface area contributed by atoms with Gasteiger partial charge in [0.25, 0.3) is 0 Å². The summed E-state index contributed by atoms with van der Waals surface area (Å²) in [6.45, 7) is 2.70. The second-order valence-corrected chi connectivity index (χ2v) is 5.69. The lowest BCUT2D eigenvalue weighted by Gasteiger charge is -2.35. The number of fused-ring (bicyclic) bond motifs is 1. The Balaban J connectivity index is 1.87. The van der Waals surface area contributed by atoms with Crippen LogP contribution in [0.4, 0.5) is 5.95 Å². The molecule has 1 saturated heterocycles. The van der Waals surface area contributed by atoms with Crippen LogP contribution in [0.3, 0.4) is 0 Å². The number of hydrogen-bond acceptors (Lipinski definition) is 3. The Kier molecular flexibility index (Phi) is 2.92. The van der Waals surface area contributed by atoms with Crippen LogP contribution in [0.2, 0.25) is 10.0 Å². The summed E-state index contributed by atoms with van der Waals surface area (Å²) in [5, 5.41) is 3.61. The lowest BCUT2D eigenvalue weighted by atomic mass is 9.88. The molecule has 1 aliphatic heterocycles. The molecule has 0 aliphatic carbocycles. The highest BCUT2D eigenvalue weighted by Crippen LogP contribution is 2.30. The van der Waals surface area contributed by atoms with Gasteiger partial charge in [0, 0.05) is 0 Å². The molecular weight excluding hydrogens is 289 g/mol. The zero-order valence-electron chi connectivity index (χ0n) is 10.1. The number of nitrogens with one attached hydrogen (secondary N) is 2. The molecule has 1 aliphatic rings. The molecule has 100 valence electrons. The van der Waals surface area contributed by atoms with E-state index < -0.39 is 5.41 Å². The first kappa shape index (κ1) is 12.7. The number of carbonyl (C=O) groups excluding carboxylic acids is 1. The zero-order chi connectivity index (χ0) is 13.6. The standard InChI is InChI=1S/C12H11Cl2N3O2/c1-12(4-19-5-12)10(18)17-11-15-8-2-6(13)7(14)3-9(8)16-11/h2-3H,4-5H2,1H3,(H2,15,16,17,18). The topological polar surface area (TPSA) is 67.0 Å². The minimum atomic E-state index is -0.478. The number of halogens is 2. The molecule has 0 bridgehead atoms. The van der Waals surface area contributed by atoms with Gasteiger partial charge >= 0.3 is 0 Å². The Morgan fingerprint density at radius 3 is 2.74 bits per heavy atom. The van der Waals surface area contributed by atoms with Crippen LogP contribution in [0.1, 0.15) is 6.92 Å². The third kappa shape index (κ3) is 2.18. The number of aromatic amines is 1. The van der Waals surface area contributed by atoms with Gasteiger partial charge in [0.15, 0.2) is 0 Å². The van der Waals surface area contributed by atoms with Crippen molar-refractivity contribution in [2.45, 2.75) is 6.92 Å². The van der Waals surface area contributed by atoms with Gasteiger partial charge in [-0.1, -0.05) is 23.2 Å². The molecule has 5 nitrogen and oxygen atoms in total. The van der Waals surface area contributed by atoms with E-state index in [9.17, 15) is 4.79 Å². The highest BCUT2D eigenvalue weighted by atomic mass is 35.5. The van der Waals surface area contributed by atoms with E-state index in [2.05, 4.69) is 15.3 Å². The van der Waals surface area contributed by atoms with E-state index in [0.717, 1.165) is 5.52 Å². The number of carbonyl (C=O) groups is 1. The molecule has 2 aromatic rings. The number of ether oxygens (including phenoxy) is 1. The Morgan fingerprint density at radius 1 is 1.42 bits per heavy atom. The van der Waals surface area contributed by atoms with Gasteiger partial charge < -0.3 is 9.72 Å². The summed E-state index contributed by atoms with van der Waals surface area (Å²) in [6, 6.07) is 3.33. The molecule has 1 amide bonds. The average molecular weight is 300 g/mol. The number of imidazole rings is 1. The fourth-order valence-electron chi connectivity index (χ4n) is 1.86. The van der Waals surface area contributed by atoms with Gasteiger partial charge in [-0.3, -0.25) is 10.1 Å². The van der Waals surface area contributed by atoms with Crippen molar-refractivity contribution in [2.75, 3.05) is 18.5 Å². The maximum absolute atomic E-state index is 12.0. The van der Waals surface area contributed by atoms with Crippen molar-refractivity contribution in [1.29, 1.82) is 0 Å². The fourth-order valence-corrected chi connectivity index (χ4v) is 2.18. The first-order chi connectivity index (χ1) is 8.98. The molecule has 3 rings (SSSR count). The Morgan fingerprint density at radius 2 is 2.11 bits per heavy atom. The van der Waals surface area contributed by atoms with Gasteiger partial charge in [0.1, 0.15) is 0 Å². The monoisotopic (exact) mass is 299 g/mol. The summed E-state index contributed by atoms with van der Waals surface area (Å²) in [7, 11) is 0. The molecule has 0 unspecified atom stereocenters. The predicted molar refractivity (Wildman–Crippen MR) is 73.7 cm³/mol. The van der Waals surface area contributed by atoms with Crippen LogP contribution in [-0.4, -0.2) is 29.1 Å². The number of rotatable bonds is 2. The lowest BCUT2D eigenvalue weighted by Crippen LogP contribution is -2.49. The minimum Gasteiger partial charge on any atom is -0.379 e. The number of anilines is 1. The Labute approximate surface area is 119 Å². The summed E-state index contributed by atoms with van der Waals surface area (Å²) in [4.78, 5) is 19.3. The number of hydrogen-bond donors (Lipinski definition) is 2. The van der Waals surface area contributed by atoms with Crippen molar-refractivity contribution in [1.82, 2.24) is 9.97 Å². The summed E-state index contributed by atoms with van der Waals surface area (Å²) in [5.41, 5.74) is 0.897. The summed E-state index contributed by atoms with van der Waals surface area (Å²) in [5.74, 6) is 0.265. The average Bonchev–Trinajstić information content (AvgIpc) is 2.68. The van der Waals surface area contributed by atoms with Crippen LogP contribution in [0.15, 0.2) is 12.1 Å². The van der Waals surface area contributed by atoms with E-state index in [1.807, 2.05) is 6.92 Å². The van der Waals surface area contributed by atoms with E-state index in [1.54, 1.807) is 12.1 Å². The number of nitrogens with zero attached hydrogens (tertiary/aromatic N) is 1. The van der Waals surface area contributed by atoms with Gasteiger partial charge in [-0.25, -0.2) is 4.98 Å². The van der Waals surface area contributed by atoms with Crippen LogP contribution in [-0.2, 0) is 9.53 Å². The van der Waals surface area contributed by atoms with E-state index in [4.69, 9.17) is 27.9 Å². The quantitative estimate of drug-likeness (QED) is 0.896. The molecule has 0 saturated carbocycles. The van der Waals surface area contributed by atoms with E-state index in [-0.39, 0.29) is 5.91 Å². The molecule has 1 aromatic heterocycles. The van der Waals surface area contributed by atoms with Gasteiger partial charge in [0.05, 0.1) is 39.7 Å². The van der Waals surface area contributed by atoms with Crippen molar-refractivity contribution in [3.05, 3.63) is 22.2 Å². The number of amides is 1. The van der Waals surface area contributed by atoms with E-state index >= 15 is 0 Å². The van der Waals surface area contributed by atoms with E-state index in [0.29, 0.717) is 34.7 Å². The fraction of sp³-hybridized carbons (Fsp3) is 0.333. The van der Waals surface area contributed by atoms with Gasteiger partial charge in [-0.05, 0) is 19.1 Å². The number of aromatic nitrogens is 2. The molecule has 19 heavy (non-hydrogen) atoms. The van der Waals surface area contributed by atoms with Crippen molar-refractivity contribution in [2.24, 2.45) is 5.41 Å². The first-order valence-electron chi connectivity index (χ1n) is 5.72. The summed E-state index contributed by atoms with van der Waals surface area (Å²) < 4.78 is 5.06. The van der Waals surface area contributed by atoms with Crippen LogP contribution in [0.25, 0.3) is 11.0 Å². The zero-order valence-corrected chi connectivity index (χ0v) is 11.6. The highest BCUT2D eigenvalue weighted by Gasteiger charge is 2.41. The molecule has 2 heterocycles. The molecular formula is C12H11Cl2N3O2. The predicted octanol–water partition coefficient (Wildman–Crippen LogP) is 2.84. The summed E-state index contributed by atoms with van der Waals surface area (Å²) in [6.07, 6.45) is 0. The van der Waals surface area contributed by atoms with Crippen LogP contribution in [0, 0.1) is 5.41 Å². The largest absolute Gasteiger partial charge is 0.379 e. The van der Waals surface area contributed by atoms with Gasteiger partial charge in [-0.15, -0.1) is 0 Å². The molecule has 2 N–H and O–H groups in total. The molecule has 1 aromatic carbocycles. The molecule has 0 spiro atoms. The van der Waals surface area contributed by atoms with Crippen molar-refractivity contribution < 1.29 is 9.53 Å². The lowest BCUT2D eigenvalue weighted by molar-refractivity contribution is -0.152. The molecule has 0 atom stereocenters. The third-order valence-electron chi connectivity index (χ3n) is 3.15. The second-order valence-electron chi connectivity index (χ2n) is 4.88. The van der Waals surface area contributed by atoms with Gasteiger partial charge in [0.2, 0.25) is 11.9 Å². The Hall–Kier alpha value is -1.30. The molecule has 0 radical (unpaired) electrons. The maximum atomic E-state index is 12.0. The van der Waals surface area contributed by atoms with Crippen LogP contribution < -0.4 is 5.32 Å². The molecule has 7 heteroatoms. The van der Waals surface area contributed by atoms with Crippen LogP contribution >= 0.6 is 23.2 Å². The van der Waals surface area contributed by atoms with Crippen molar-refractivity contribution >= 4 is 46.1 Å². The van der Waals surface area contributed by atoms with E-state index in [1.165, 1.54) is 0 Å². The Bertz CT molecular complexity index is 625. The highest BCUT2D eigenvalue weighted by molar-refractivity contribution is 6.42. The van der Waals surface area contributed by atoms with Crippen molar-refractivity contribution in [3.8, 4) is 0 Å². The first-order valence-corrected chi connectivity index (χ1v) is 6.47. The minimum absolute atomic E-state index is 0.116. The normalized spacial score (nSPS) is 17.2. The van der Waals surface area contributed by atoms with Crippen molar-refractivity contribution in [3.63, 3.8) is 0 Å². The van der Waals surface area contributed by atoms with Gasteiger partial charge in [-0.2, -0.15) is 0 Å². The second kappa shape index (κ2) is 4.37.